The average molecular weight is 213 g/mol. The lowest BCUT2D eigenvalue weighted by molar-refractivity contribution is -0.147. The molecule has 6 heteroatoms. The molecule has 0 aliphatic carbocycles. The lowest BCUT2D eigenvalue weighted by Gasteiger charge is -2.13. The standard InChI is InChI=1S/C8H14F3NO2/c1-3-14-7(13)6(2)12-5-4-8(9,10)11/h6,12H,3-5H2,1-2H3. The molecule has 0 aliphatic heterocycles. The Hall–Kier alpha value is -0.780. The highest BCUT2D eigenvalue weighted by molar-refractivity contribution is 5.75. The zero-order valence-electron chi connectivity index (χ0n) is 8.15. The topological polar surface area (TPSA) is 38.3 Å². The highest BCUT2D eigenvalue weighted by atomic mass is 19.4. The molecule has 0 amide bonds. The van der Waals surface area contributed by atoms with Crippen molar-refractivity contribution in [3.63, 3.8) is 0 Å². The van der Waals surface area contributed by atoms with Crippen molar-refractivity contribution in [3.05, 3.63) is 0 Å². The fourth-order valence-electron chi connectivity index (χ4n) is 0.781. The molecule has 0 fully saturated rings. The fourth-order valence-corrected chi connectivity index (χ4v) is 0.781. The molecule has 3 nitrogen and oxygen atoms in total. The third-order valence-corrected chi connectivity index (χ3v) is 1.50. The van der Waals surface area contributed by atoms with Crippen molar-refractivity contribution in [3.8, 4) is 0 Å². The van der Waals surface area contributed by atoms with E-state index < -0.39 is 24.6 Å². The van der Waals surface area contributed by atoms with Gasteiger partial charge in [0.15, 0.2) is 0 Å². The van der Waals surface area contributed by atoms with E-state index in [1.807, 2.05) is 0 Å². The number of hydrogen-bond acceptors (Lipinski definition) is 3. The van der Waals surface area contributed by atoms with E-state index >= 15 is 0 Å². The highest BCUT2D eigenvalue weighted by Gasteiger charge is 2.27. The molecule has 84 valence electrons. The molecule has 1 N–H and O–H groups in total. The summed E-state index contributed by atoms with van der Waals surface area (Å²) < 4.78 is 39.7. The van der Waals surface area contributed by atoms with Gasteiger partial charge in [0.2, 0.25) is 0 Å². The van der Waals surface area contributed by atoms with Crippen LogP contribution < -0.4 is 5.32 Å². The third-order valence-electron chi connectivity index (χ3n) is 1.50. The summed E-state index contributed by atoms with van der Waals surface area (Å²) in [6.45, 7) is 3.06. The molecule has 1 atom stereocenters. The van der Waals surface area contributed by atoms with E-state index in [4.69, 9.17) is 0 Å². The summed E-state index contributed by atoms with van der Waals surface area (Å²) in [5.74, 6) is -0.533. The van der Waals surface area contributed by atoms with Gasteiger partial charge in [0.1, 0.15) is 6.04 Å². The van der Waals surface area contributed by atoms with Crippen molar-refractivity contribution in [2.75, 3.05) is 13.2 Å². The lowest BCUT2D eigenvalue weighted by atomic mass is 10.3. The van der Waals surface area contributed by atoms with E-state index in [9.17, 15) is 18.0 Å². The summed E-state index contributed by atoms with van der Waals surface area (Å²) in [4.78, 5) is 10.9. The van der Waals surface area contributed by atoms with Crippen molar-refractivity contribution in [1.29, 1.82) is 0 Å². The molecular weight excluding hydrogens is 199 g/mol. The van der Waals surface area contributed by atoms with Gasteiger partial charge < -0.3 is 10.1 Å². The Labute approximate surface area is 80.6 Å². The molecule has 0 saturated heterocycles. The highest BCUT2D eigenvalue weighted by Crippen LogP contribution is 2.18. The Bertz CT molecular complexity index is 182. The number of ether oxygens (including phenoxy) is 1. The quantitative estimate of drug-likeness (QED) is 0.703. The summed E-state index contributed by atoms with van der Waals surface area (Å²) in [5, 5.41) is 2.43. The fraction of sp³-hybridized carbons (Fsp3) is 0.875. The van der Waals surface area contributed by atoms with Crippen molar-refractivity contribution < 1.29 is 22.7 Å². The molecule has 0 saturated carbocycles. The van der Waals surface area contributed by atoms with Gasteiger partial charge in [0.25, 0.3) is 0 Å². The molecule has 0 aromatic rings. The van der Waals surface area contributed by atoms with Crippen LogP contribution in [0.1, 0.15) is 20.3 Å². The molecule has 0 aromatic heterocycles. The van der Waals surface area contributed by atoms with Crippen LogP contribution in [0.4, 0.5) is 13.2 Å². The first-order valence-corrected chi connectivity index (χ1v) is 4.33. The first-order valence-electron chi connectivity index (χ1n) is 4.33. The molecule has 0 aliphatic rings. The predicted molar refractivity (Wildman–Crippen MR) is 44.8 cm³/mol. The van der Waals surface area contributed by atoms with Crippen LogP contribution in [-0.4, -0.2) is 31.3 Å². The van der Waals surface area contributed by atoms with Gasteiger partial charge in [-0.1, -0.05) is 0 Å². The summed E-state index contributed by atoms with van der Waals surface area (Å²) in [6, 6.07) is -0.697. The van der Waals surface area contributed by atoms with Gasteiger partial charge in [-0.2, -0.15) is 13.2 Å². The number of rotatable bonds is 5. The van der Waals surface area contributed by atoms with Crippen LogP contribution in [0.5, 0.6) is 0 Å². The Morgan fingerprint density at radius 2 is 2.07 bits per heavy atom. The van der Waals surface area contributed by atoms with Crippen LogP contribution in [0.3, 0.4) is 0 Å². The number of carbonyl (C=O) groups is 1. The van der Waals surface area contributed by atoms with Crippen molar-refractivity contribution in [2.45, 2.75) is 32.5 Å². The number of esters is 1. The maximum atomic E-state index is 11.7. The molecule has 0 bridgehead atoms. The molecular formula is C8H14F3NO2. The molecule has 0 heterocycles. The maximum Gasteiger partial charge on any atom is 0.390 e. The second kappa shape index (κ2) is 5.85. The number of alkyl halides is 3. The van der Waals surface area contributed by atoms with Crippen molar-refractivity contribution in [1.82, 2.24) is 5.32 Å². The van der Waals surface area contributed by atoms with E-state index in [1.165, 1.54) is 6.92 Å². The SMILES string of the molecule is CCOC(=O)C(C)NCCC(F)(F)F. The molecule has 14 heavy (non-hydrogen) atoms. The molecule has 1 unspecified atom stereocenters. The van der Waals surface area contributed by atoms with Gasteiger partial charge in [-0.25, -0.2) is 0 Å². The van der Waals surface area contributed by atoms with E-state index in [0.29, 0.717) is 0 Å². The van der Waals surface area contributed by atoms with Crippen molar-refractivity contribution in [2.24, 2.45) is 0 Å². The van der Waals surface area contributed by atoms with Crippen LogP contribution in [0.25, 0.3) is 0 Å². The van der Waals surface area contributed by atoms with Crippen LogP contribution in [0.2, 0.25) is 0 Å². The summed E-state index contributed by atoms with van der Waals surface area (Å²) in [6.07, 6.45) is -5.14. The van der Waals surface area contributed by atoms with Gasteiger partial charge in [-0.15, -0.1) is 0 Å². The van der Waals surface area contributed by atoms with Gasteiger partial charge in [0, 0.05) is 6.54 Å². The van der Waals surface area contributed by atoms with Gasteiger partial charge in [-0.05, 0) is 13.8 Å². The Kier molecular flexibility index (Phi) is 5.52. The largest absolute Gasteiger partial charge is 0.465 e. The molecule has 0 spiro atoms. The molecule has 0 radical (unpaired) electrons. The lowest BCUT2D eigenvalue weighted by Crippen LogP contribution is -2.37. The molecule has 0 aromatic carbocycles. The van der Waals surface area contributed by atoms with E-state index in [0.717, 1.165) is 0 Å². The Balaban J connectivity index is 3.63. The first kappa shape index (κ1) is 13.2. The minimum Gasteiger partial charge on any atom is -0.465 e. The minimum atomic E-state index is -4.19. The van der Waals surface area contributed by atoms with Crippen molar-refractivity contribution >= 4 is 5.97 Å². The number of hydrogen-bond donors (Lipinski definition) is 1. The predicted octanol–water partition coefficient (Wildman–Crippen LogP) is 1.48. The Morgan fingerprint density at radius 3 is 2.50 bits per heavy atom. The van der Waals surface area contributed by atoms with Gasteiger partial charge in [0.05, 0.1) is 13.0 Å². The summed E-state index contributed by atoms with van der Waals surface area (Å²) in [5.41, 5.74) is 0. The zero-order chi connectivity index (χ0) is 11.2. The number of nitrogens with one attached hydrogen (secondary N) is 1. The van der Waals surface area contributed by atoms with E-state index in [-0.39, 0.29) is 13.2 Å². The first-order chi connectivity index (χ1) is 6.37. The van der Waals surface area contributed by atoms with Crippen LogP contribution in [0.15, 0.2) is 0 Å². The maximum absolute atomic E-state index is 11.7. The number of halogens is 3. The summed E-state index contributed by atoms with van der Waals surface area (Å²) >= 11 is 0. The van der Waals surface area contributed by atoms with Crippen LogP contribution in [-0.2, 0) is 9.53 Å². The minimum absolute atomic E-state index is 0.226. The van der Waals surface area contributed by atoms with E-state index in [1.54, 1.807) is 6.92 Å². The Morgan fingerprint density at radius 1 is 1.50 bits per heavy atom. The number of carbonyl (C=O) groups excluding carboxylic acids is 1. The zero-order valence-corrected chi connectivity index (χ0v) is 8.15. The van der Waals surface area contributed by atoms with E-state index in [2.05, 4.69) is 10.1 Å². The second-order valence-electron chi connectivity index (χ2n) is 2.79. The monoisotopic (exact) mass is 213 g/mol. The average Bonchev–Trinajstić information content (AvgIpc) is 2.02. The second-order valence-corrected chi connectivity index (χ2v) is 2.79. The van der Waals surface area contributed by atoms with Gasteiger partial charge in [-0.3, -0.25) is 4.79 Å². The third kappa shape index (κ3) is 6.71. The normalized spacial score (nSPS) is 13.8. The van der Waals surface area contributed by atoms with Crippen LogP contribution in [0, 0.1) is 0 Å². The van der Waals surface area contributed by atoms with Gasteiger partial charge >= 0.3 is 12.1 Å². The smallest absolute Gasteiger partial charge is 0.390 e. The molecule has 0 rings (SSSR count). The van der Waals surface area contributed by atoms with Crippen LogP contribution >= 0.6 is 0 Å². The summed E-state index contributed by atoms with van der Waals surface area (Å²) in [7, 11) is 0.